The number of nitrogens with zero attached hydrogens (tertiary/aromatic N) is 2. The minimum Gasteiger partial charge on any atom is -0.357 e. The first kappa shape index (κ1) is 14.4. The molecule has 0 bridgehead atoms. The van der Waals surface area contributed by atoms with E-state index in [1.807, 2.05) is 18.0 Å². The van der Waals surface area contributed by atoms with Crippen LogP contribution in [0.5, 0.6) is 0 Å². The smallest absolute Gasteiger partial charge is 0.128 e. The van der Waals surface area contributed by atoms with Crippen LogP contribution in [-0.4, -0.2) is 22.8 Å². The van der Waals surface area contributed by atoms with Crippen molar-refractivity contribution in [2.75, 3.05) is 18.0 Å². The minimum atomic E-state index is 0.239. The molecule has 96 valence electrons. The molecule has 0 saturated heterocycles. The molecular formula is C14H24N2S. The van der Waals surface area contributed by atoms with Gasteiger partial charge in [-0.15, -0.1) is 11.8 Å². The minimum absolute atomic E-state index is 0.239. The van der Waals surface area contributed by atoms with Gasteiger partial charge in [0.25, 0.3) is 0 Å². The zero-order valence-electron chi connectivity index (χ0n) is 11.9. The predicted octanol–water partition coefficient (Wildman–Crippen LogP) is 4.13. The van der Waals surface area contributed by atoms with Crippen molar-refractivity contribution < 1.29 is 0 Å². The zero-order chi connectivity index (χ0) is 13.1. The van der Waals surface area contributed by atoms with Crippen molar-refractivity contribution >= 4 is 17.6 Å². The number of rotatable bonds is 4. The van der Waals surface area contributed by atoms with Crippen LogP contribution in [0.3, 0.4) is 0 Å². The lowest BCUT2D eigenvalue weighted by molar-refractivity contribution is 0.800. The van der Waals surface area contributed by atoms with E-state index in [1.165, 1.54) is 10.5 Å². The van der Waals surface area contributed by atoms with Gasteiger partial charge in [-0.05, 0) is 32.4 Å². The lowest BCUT2D eigenvalue weighted by atomic mass is 10.2. The van der Waals surface area contributed by atoms with E-state index >= 15 is 0 Å². The SMILES string of the molecule is CCN(CC)c1cc(C)c(SC(C)(C)C)cn1. The largest absolute Gasteiger partial charge is 0.357 e. The summed E-state index contributed by atoms with van der Waals surface area (Å²) in [6.07, 6.45) is 2.01. The molecule has 3 heteroatoms. The van der Waals surface area contributed by atoms with Gasteiger partial charge in [0.2, 0.25) is 0 Å². The second-order valence-corrected chi connectivity index (χ2v) is 7.06. The first-order valence-corrected chi connectivity index (χ1v) is 7.09. The summed E-state index contributed by atoms with van der Waals surface area (Å²) in [6, 6.07) is 2.20. The zero-order valence-corrected chi connectivity index (χ0v) is 12.7. The van der Waals surface area contributed by atoms with E-state index in [-0.39, 0.29) is 4.75 Å². The van der Waals surface area contributed by atoms with Crippen molar-refractivity contribution in [3.8, 4) is 0 Å². The molecule has 1 rings (SSSR count). The summed E-state index contributed by atoms with van der Waals surface area (Å²) in [7, 11) is 0. The van der Waals surface area contributed by atoms with Crippen molar-refractivity contribution in [3.63, 3.8) is 0 Å². The van der Waals surface area contributed by atoms with Crippen molar-refractivity contribution in [2.24, 2.45) is 0 Å². The van der Waals surface area contributed by atoms with Crippen LogP contribution in [0.1, 0.15) is 40.2 Å². The van der Waals surface area contributed by atoms with E-state index < -0.39 is 0 Å². The fourth-order valence-corrected chi connectivity index (χ4v) is 2.67. The van der Waals surface area contributed by atoms with Crippen LogP contribution in [0, 0.1) is 6.92 Å². The standard InChI is InChI=1S/C14H24N2S/c1-7-16(8-2)13-9-11(3)12(10-15-13)17-14(4,5)6/h9-10H,7-8H2,1-6H3. The lowest BCUT2D eigenvalue weighted by Gasteiger charge is -2.22. The van der Waals surface area contributed by atoms with Crippen LogP contribution >= 0.6 is 11.8 Å². The Hall–Kier alpha value is -0.700. The Morgan fingerprint density at radius 2 is 1.82 bits per heavy atom. The van der Waals surface area contributed by atoms with E-state index in [0.29, 0.717) is 0 Å². The summed E-state index contributed by atoms with van der Waals surface area (Å²) in [5.41, 5.74) is 1.32. The summed E-state index contributed by atoms with van der Waals surface area (Å²) in [5, 5.41) is 0. The molecule has 1 heterocycles. The van der Waals surface area contributed by atoms with Crippen molar-refractivity contribution in [1.82, 2.24) is 4.98 Å². The van der Waals surface area contributed by atoms with Gasteiger partial charge in [0.1, 0.15) is 5.82 Å². The number of hydrogen-bond donors (Lipinski definition) is 0. The highest BCUT2D eigenvalue weighted by Gasteiger charge is 2.15. The summed E-state index contributed by atoms with van der Waals surface area (Å²) < 4.78 is 0.239. The number of anilines is 1. The topological polar surface area (TPSA) is 16.1 Å². The molecule has 1 aromatic rings. The van der Waals surface area contributed by atoms with Gasteiger partial charge in [0.15, 0.2) is 0 Å². The van der Waals surface area contributed by atoms with Gasteiger partial charge in [-0.3, -0.25) is 0 Å². The molecule has 0 aromatic carbocycles. The Balaban J connectivity index is 2.93. The molecule has 0 N–H and O–H groups in total. The van der Waals surface area contributed by atoms with Crippen LogP contribution in [0.2, 0.25) is 0 Å². The molecular weight excluding hydrogens is 228 g/mol. The van der Waals surface area contributed by atoms with E-state index in [9.17, 15) is 0 Å². The first-order valence-electron chi connectivity index (χ1n) is 6.28. The van der Waals surface area contributed by atoms with E-state index in [2.05, 4.69) is 57.5 Å². The monoisotopic (exact) mass is 252 g/mol. The van der Waals surface area contributed by atoms with Gasteiger partial charge >= 0.3 is 0 Å². The van der Waals surface area contributed by atoms with Crippen molar-refractivity contribution in [2.45, 2.75) is 51.2 Å². The van der Waals surface area contributed by atoms with Gasteiger partial charge < -0.3 is 4.90 Å². The van der Waals surface area contributed by atoms with E-state index in [1.54, 1.807) is 0 Å². The van der Waals surface area contributed by atoms with Crippen LogP contribution in [0.25, 0.3) is 0 Å². The normalized spacial score (nSPS) is 11.6. The maximum atomic E-state index is 4.57. The van der Waals surface area contributed by atoms with Gasteiger partial charge in [-0.2, -0.15) is 0 Å². The predicted molar refractivity (Wildman–Crippen MR) is 78.1 cm³/mol. The molecule has 0 unspecified atom stereocenters. The lowest BCUT2D eigenvalue weighted by Crippen LogP contribution is -2.23. The van der Waals surface area contributed by atoms with Crippen LogP contribution < -0.4 is 4.90 Å². The van der Waals surface area contributed by atoms with Crippen LogP contribution in [0.4, 0.5) is 5.82 Å². The number of aromatic nitrogens is 1. The summed E-state index contributed by atoms with van der Waals surface area (Å²) >= 11 is 1.88. The molecule has 0 atom stereocenters. The second-order valence-electron chi connectivity index (χ2n) is 5.19. The van der Waals surface area contributed by atoms with E-state index in [4.69, 9.17) is 0 Å². The van der Waals surface area contributed by atoms with Crippen molar-refractivity contribution in [3.05, 3.63) is 17.8 Å². The van der Waals surface area contributed by atoms with Gasteiger partial charge in [-0.1, -0.05) is 20.8 Å². The fourth-order valence-electron chi connectivity index (χ4n) is 1.69. The molecule has 2 nitrogen and oxygen atoms in total. The summed E-state index contributed by atoms with van der Waals surface area (Å²) in [5.74, 6) is 1.09. The second kappa shape index (κ2) is 5.76. The van der Waals surface area contributed by atoms with E-state index in [0.717, 1.165) is 18.9 Å². The Labute approximate surface area is 110 Å². The third-order valence-corrected chi connectivity index (χ3v) is 3.81. The Kier molecular flexibility index (Phi) is 4.87. The first-order chi connectivity index (χ1) is 7.87. The average molecular weight is 252 g/mol. The third-order valence-electron chi connectivity index (χ3n) is 2.55. The van der Waals surface area contributed by atoms with Gasteiger partial charge in [-0.25, -0.2) is 4.98 Å². The molecule has 1 aromatic heterocycles. The van der Waals surface area contributed by atoms with Gasteiger partial charge in [0, 0.05) is 28.9 Å². The highest BCUT2D eigenvalue weighted by molar-refractivity contribution is 8.00. The molecule has 0 fully saturated rings. The molecule has 17 heavy (non-hydrogen) atoms. The Morgan fingerprint density at radius 3 is 2.24 bits per heavy atom. The van der Waals surface area contributed by atoms with Gasteiger partial charge in [0.05, 0.1) is 0 Å². The molecule has 0 saturated carbocycles. The highest BCUT2D eigenvalue weighted by atomic mass is 32.2. The maximum absolute atomic E-state index is 4.57. The molecule has 0 aliphatic carbocycles. The van der Waals surface area contributed by atoms with Crippen LogP contribution in [0.15, 0.2) is 17.2 Å². The number of aryl methyl sites for hydroxylation is 1. The Bertz CT molecular complexity index is 365. The molecule has 0 amide bonds. The number of pyridine rings is 1. The average Bonchev–Trinajstić information content (AvgIpc) is 2.22. The number of thioether (sulfide) groups is 1. The number of hydrogen-bond acceptors (Lipinski definition) is 3. The maximum Gasteiger partial charge on any atom is 0.128 e. The molecule has 0 radical (unpaired) electrons. The summed E-state index contributed by atoms with van der Waals surface area (Å²) in [6.45, 7) is 15.2. The Morgan fingerprint density at radius 1 is 1.24 bits per heavy atom. The quantitative estimate of drug-likeness (QED) is 0.750. The van der Waals surface area contributed by atoms with Crippen molar-refractivity contribution in [1.29, 1.82) is 0 Å². The summed E-state index contributed by atoms with van der Waals surface area (Å²) in [4.78, 5) is 8.13. The molecule has 0 spiro atoms. The fraction of sp³-hybridized carbons (Fsp3) is 0.643. The highest BCUT2D eigenvalue weighted by Crippen LogP contribution is 2.34. The molecule has 0 aliphatic rings. The van der Waals surface area contributed by atoms with Crippen LogP contribution in [-0.2, 0) is 0 Å². The molecule has 0 aliphatic heterocycles. The third kappa shape index (κ3) is 4.23.